The molecule has 5 nitrogen and oxygen atoms in total. The third-order valence-electron chi connectivity index (χ3n) is 7.77. The number of benzene rings is 1. The molecule has 2 aliphatic rings. The van der Waals surface area contributed by atoms with Crippen LogP contribution in [0.5, 0.6) is 0 Å². The lowest BCUT2D eigenvalue weighted by Gasteiger charge is -2.42. The fraction of sp³-hybridized carbons (Fsp3) is 0.400. The van der Waals surface area contributed by atoms with Gasteiger partial charge in [-0.15, -0.1) is 0 Å². The van der Waals surface area contributed by atoms with Gasteiger partial charge in [0.1, 0.15) is 17.5 Å². The van der Waals surface area contributed by atoms with E-state index in [0.717, 1.165) is 36.5 Å². The Kier molecular flexibility index (Phi) is 4.69. The molecule has 0 spiro atoms. The van der Waals surface area contributed by atoms with Crippen LogP contribution in [0.4, 0.5) is 14.6 Å². The van der Waals surface area contributed by atoms with Gasteiger partial charge in [-0.3, -0.25) is 4.79 Å². The van der Waals surface area contributed by atoms with Gasteiger partial charge in [0, 0.05) is 24.6 Å². The second-order valence-corrected chi connectivity index (χ2v) is 9.44. The molecule has 2 aliphatic carbocycles. The van der Waals surface area contributed by atoms with Crippen molar-refractivity contribution in [2.75, 3.05) is 18.0 Å². The molecule has 166 valence electrons. The van der Waals surface area contributed by atoms with Crippen molar-refractivity contribution >= 4 is 5.82 Å². The maximum absolute atomic E-state index is 14.4. The maximum atomic E-state index is 14.4. The van der Waals surface area contributed by atoms with E-state index in [1.807, 2.05) is 12.1 Å². The number of anilines is 1. The highest BCUT2D eigenvalue weighted by atomic mass is 19.1. The molecule has 0 amide bonds. The number of nitrogens with one attached hydrogen (secondary N) is 1. The number of halogens is 2. The minimum absolute atomic E-state index is 0.112. The van der Waals surface area contributed by atoms with Gasteiger partial charge in [0.25, 0.3) is 0 Å². The van der Waals surface area contributed by atoms with Crippen LogP contribution in [0.1, 0.15) is 50.8 Å². The van der Waals surface area contributed by atoms with Crippen molar-refractivity contribution in [3.63, 3.8) is 0 Å². The van der Waals surface area contributed by atoms with Gasteiger partial charge in [-0.2, -0.15) is 10.2 Å². The minimum Gasteiger partial charge on any atom is -0.357 e. The van der Waals surface area contributed by atoms with E-state index in [-0.39, 0.29) is 33.6 Å². The molecule has 1 aromatic carbocycles. The Bertz CT molecular complexity index is 1230. The fourth-order valence-corrected chi connectivity index (χ4v) is 5.96. The number of fused-ring (bicyclic) bond motifs is 5. The van der Waals surface area contributed by atoms with Crippen molar-refractivity contribution in [2.24, 2.45) is 5.41 Å². The van der Waals surface area contributed by atoms with Crippen LogP contribution in [-0.4, -0.2) is 28.3 Å². The van der Waals surface area contributed by atoms with Crippen molar-refractivity contribution in [1.29, 1.82) is 0 Å². The molecule has 2 heterocycles. The average Bonchev–Trinajstić information content (AvgIpc) is 3.12. The Morgan fingerprint density at radius 2 is 1.84 bits per heavy atom. The van der Waals surface area contributed by atoms with E-state index >= 15 is 0 Å². The number of H-pyrrole nitrogens is 1. The largest absolute Gasteiger partial charge is 0.357 e. The molecule has 2 atom stereocenters. The average molecular weight is 437 g/mol. The summed E-state index contributed by atoms with van der Waals surface area (Å²) in [7, 11) is 0. The van der Waals surface area contributed by atoms with Crippen LogP contribution in [0, 0.1) is 17.0 Å². The number of hydrogen-bond acceptors (Lipinski definition) is 4. The summed E-state index contributed by atoms with van der Waals surface area (Å²) >= 11 is 0. The Labute approximate surface area is 185 Å². The number of aromatic amines is 1. The second-order valence-electron chi connectivity index (χ2n) is 9.44. The Hall–Kier alpha value is -3.09. The highest BCUT2D eigenvalue weighted by Gasteiger charge is 2.63. The van der Waals surface area contributed by atoms with Gasteiger partial charge in [0.15, 0.2) is 0 Å². The van der Waals surface area contributed by atoms with Crippen LogP contribution in [0.25, 0.3) is 11.3 Å². The molecular formula is C25H26F2N4O. The molecule has 32 heavy (non-hydrogen) atoms. The SMILES string of the molecule is CCN(C[C@@]12CC[C@@H](c3cc(-c4c(F)cccc4F)nnc31)C2(C)C)c1cccc(=O)[nH]1. The molecule has 3 aromatic rings. The quantitative estimate of drug-likeness (QED) is 0.625. The monoisotopic (exact) mass is 436 g/mol. The summed E-state index contributed by atoms with van der Waals surface area (Å²) < 4.78 is 28.8. The standard InChI is InChI=1S/C25H26F2N4O/c1-4-31(20-9-6-10-21(32)28-20)14-25-12-11-16(24(25,2)3)15-13-19(29-30-23(15)25)22-17(26)7-5-8-18(22)27/h5-10,13,16H,4,11-12,14H2,1-3H3,(H,28,32)/t16-,25-/m0/s1. The summed E-state index contributed by atoms with van der Waals surface area (Å²) in [5.41, 5.74) is 1.54. The Morgan fingerprint density at radius 1 is 1.12 bits per heavy atom. The molecule has 0 saturated heterocycles. The number of pyridine rings is 1. The molecular weight excluding hydrogens is 410 g/mol. The summed E-state index contributed by atoms with van der Waals surface area (Å²) in [4.78, 5) is 17.0. The predicted octanol–water partition coefficient (Wildman–Crippen LogP) is 4.79. The summed E-state index contributed by atoms with van der Waals surface area (Å²) in [6.45, 7) is 7.97. The number of aromatic nitrogens is 3. The van der Waals surface area contributed by atoms with E-state index in [9.17, 15) is 13.6 Å². The summed E-state index contributed by atoms with van der Waals surface area (Å²) in [5, 5.41) is 8.87. The lowest BCUT2D eigenvalue weighted by atomic mass is 9.68. The van der Waals surface area contributed by atoms with E-state index in [2.05, 4.69) is 40.9 Å². The predicted molar refractivity (Wildman–Crippen MR) is 120 cm³/mol. The number of hydrogen-bond donors (Lipinski definition) is 1. The fourth-order valence-electron chi connectivity index (χ4n) is 5.96. The van der Waals surface area contributed by atoms with Gasteiger partial charge >= 0.3 is 0 Å². The van der Waals surface area contributed by atoms with Crippen LogP contribution in [0.2, 0.25) is 0 Å². The minimum atomic E-state index is -0.637. The van der Waals surface area contributed by atoms with E-state index in [4.69, 9.17) is 0 Å². The summed E-state index contributed by atoms with van der Waals surface area (Å²) in [6.07, 6.45) is 1.93. The van der Waals surface area contributed by atoms with E-state index in [0.29, 0.717) is 6.54 Å². The molecule has 7 heteroatoms. The van der Waals surface area contributed by atoms with Crippen molar-refractivity contribution < 1.29 is 8.78 Å². The highest BCUT2D eigenvalue weighted by molar-refractivity contribution is 5.63. The van der Waals surface area contributed by atoms with Crippen molar-refractivity contribution in [3.8, 4) is 11.3 Å². The first-order valence-electron chi connectivity index (χ1n) is 11.1. The smallest absolute Gasteiger partial charge is 0.249 e. The molecule has 0 radical (unpaired) electrons. The lowest BCUT2D eigenvalue weighted by Crippen LogP contribution is -2.47. The molecule has 2 aromatic heterocycles. The van der Waals surface area contributed by atoms with Crippen molar-refractivity contribution in [1.82, 2.24) is 15.2 Å². The Morgan fingerprint density at radius 3 is 2.53 bits per heavy atom. The third-order valence-corrected chi connectivity index (χ3v) is 7.77. The number of rotatable bonds is 5. The van der Waals surface area contributed by atoms with Gasteiger partial charge in [0.05, 0.1) is 17.0 Å². The van der Waals surface area contributed by atoms with E-state index in [1.54, 1.807) is 6.07 Å². The number of likely N-dealkylation sites (N-methyl/N-ethyl adjacent to an activating group) is 1. The lowest BCUT2D eigenvalue weighted by molar-refractivity contribution is 0.209. The molecule has 0 unspecified atom stereocenters. The normalized spacial score (nSPS) is 22.7. The molecule has 2 bridgehead atoms. The van der Waals surface area contributed by atoms with Crippen LogP contribution in [-0.2, 0) is 5.41 Å². The first-order chi connectivity index (χ1) is 15.3. The van der Waals surface area contributed by atoms with Gasteiger partial charge in [-0.05, 0) is 60.9 Å². The first-order valence-corrected chi connectivity index (χ1v) is 11.1. The second kappa shape index (κ2) is 7.22. The molecule has 1 fully saturated rings. The van der Waals surface area contributed by atoms with Gasteiger partial charge < -0.3 is 9.88 Å². The van der Waals surface area contributed by atoms with Crippen LogP contribution >= 0.6 is 0 Å². The zero-order chi connectivity index (χ0) is 22.7. The van der Waals surface area contributed by atoms with Crippen LogP contribution in [0.3, 0.4) is 0 Å². The zero-order valence-corrected chi connectivity index (χ0v) is 18.5. The highest BCUT2D eigenvalue weighted by Crippen LogP contribution is 2.67. The van der Waals surface area contributed by atoms with Crippen LogP contribution in [0.15, 0.2) is 47.3 Å². The number of nitrogens with zero attached hydrogens (tertiary/aromatic N) is 3. The van der Waals surface area contributed by atoms with Crippen LogP contribution < -0.4 is 10.5 Å². The van der Waals surface area contributed by atoms with Gasteiger partial charge in [-0.1, -0.05) is 26.0 Å². The molecule has 5 rings (SSSR count). The van der Waals surface area contributed by atoms with Crippen molar-refractivity contribution in [3.05, 3.63) is 75.7 Å². The van der Waals surface area contributed by atoms with E-state index in [1.165, 1.54) is 24.3 Å². The zero-order valence-electron chi connectivity index (χ0n) is 18.5. The van der Waals surface area contributed by atoms with Crippen molar-refractivity contribution in [2.45, 2.75) is 44.9 Å². The Balaban J connectivity index is 1.60. The molecule has 0 aliphatic heterocycles. The summed E-state index contributed by atoms with van der Waals surface area (Å²) in [5.74, 6) is -0.265. The summed E-state index contributed by atoms with van der Waals surface area (Å²) in [6, 6.07) is 10.8. The first kappa shape index (κ1) is 20.8. The van der Waals surface area contributed by atoms with Gasteiger partial charge in [0.2, 0.25) is 5.56 Å². The topological polar surface area (TPSA) is 61.9 Å². The molecule has 1 saturated carbocycles. The molecule has 1 N–H and O–H groups in total. The van der Waals surface area contributed by atoms with E-state index < -0.39 is 11.6 Å². The maximum Gasteiger partial charge on any atom is 0.249 e. The van der Waals surface area contributed by atoms with Gasteiger partial charge in [-0.25, -0.2) is 8.78 Å². The third kappa shape index (κ3) is 2.83.